The van der Waals surface area contributed by atoms with Gasteiger partial charge in [0.15, 0.2) is 0 Å². The Morgan fingerprint density at radius 2 is 1.70 bits per heavy atom. The van der Waals surface area contributed by atoms with E-state index in [4.69, 9.17) is 0 Å². The van der Waals surface area contributed by atoms with Crippen molar-refractivity contribution in [3.8, 4) is 0 Å². The van der Waals surface area contributed by atoms with Crippen LogP contribution in [0.25, 0.3) is 0 Å². The maximum atomic E-state index is 9.54. The van der Waals surface area contributed by atoms with Gasteiger partial charge in [0.1, 0.15) is 0 Å². The Hall–Kier alpha value is -0.860. The Morgan fingerprint density at radius 1 is 1.00 bits per heavy atom. The smallest absolute Gasteiger partial charge is 0.0462 e. The van der Waals surface area contributed by atoms with E-state index in [0.717, 1.165) is 12.5 Å². The first-order valence-electron chi connectivity index (χ1n) is 8.27. The summed E-state index contributed by atoms with van der Waals surface area (Å²) in [5, 5.41) is 13.4. The molecular formula is C18H27NO. The third-order valence-corrected chi connectivity index (χ3v) is 5.15. The van der Waals surface area contributed by atoms with Crippen molar-refractivity contribution >= 4 is 0 Å². The van der Waals surface area contributed by atoms with Crippen LogP contribution >= 0.6 is 0 Å². The fourth-order valence-electron chi connectivity index (χ4n) is 3.72. The molecule has 110 valence electrons. The van der Waals surface area contributed by atoms with E-state index in [2.05, 4.69) is 35.6 Å². The zero-order valence-electron chi connectivity index (χ0n) is 12.3. The van der Waals surface area contributed by atoms with Crippen molar-refractivity contribution in [3.05, 3.63) is 35.9 Å². The number of hydrogen-bond acceptors (Lipinski definition) is 2. The van der Waals surface area contributed by atoms with Crippen LogP contribution in [0.3, 0.4) is 0 Å². The van der Waals surface area contributed by atoms with Gasteiger partial charge >= 0.3 is 0 Å². The Morgan fingerprint density at radius 3 is 2.35 bits per heavy atom. The molecule has 0 spiro atoms. The van der Waals surface area contributed by atoms with Gasteiger partial charge in [0.25, 0.3) is 0 Å². The minimum atomic E-state index is 0.367. The Balaban J connectivity index is 1.60. The Labute approximate surface area is 122 Å². The summed E-state index contributed by atoms with van der Waals surface area (Å²) in [6.45, 7) is 1.44. The molecule has 0 bridgehead atoms. The second-order valence-electron chi connectivity index (χ2n) is 6.62. The largest absolute Gasteiger partial charge is 0.396 e. The van der Waals surface area contributed by atoms with Crippen LogP contribution in [0, 0.1) is 17.8 Å². The fraction of sp³-hybridized carbons (Fsp3) is 0.667. The number of benzene rings is 1. The summed E-state index contributed by atoms with van der Waals surface area (Å²) in [5.41, 5.74) is 1.44. The van der Waals surface area contributed by atoms with Crippen molar-refractivity contribution in [1.29, 1.82) is 0 Å². The highest BCUT2D eigenvalue weighted by Crippen LogP contribution is 2.41. The molecule has 0 radical (unpaired) electrons. The normalized spacial score (nSPS) is 28.2. The summed E-state index contributed by atoms with van der Waals surface area (Å²) >= 11 is 0. The summed E-state index contributed by atoms with van der Waals surface area (Å²) in [6, 6.07) is 11.4. The Bertz CT molecular complexity index is 401. The van der Waals surface area contributed by atoms with Gasteiger partial charge in [0.2, 0.25) is 0 Å². The van der Waals surface area contributed by atoms with Gasteiger partial charge < -0.3 is 10.4 Å². The second kappa shape index (κ2) is 6.73. The van der Waals surface area contributed by atoms with Gasteiger partial charge in [-0.1, -0.05) is 43.2 Å². The molecule has 1 aromatic rings. The van der Waals surface area contributed by atoms with Crippen LogP contribution in [-0.4, -0.2) is 18.3 Å². The third-order valence-electron chi connectivity index (χ3n) is 5.15. The van der Waals surface area contributed by atoms with Crippen LogP contribution < -0.4 is 5.32 Å². The first-order valence-corrected chi connectivity index (χ1v) is 8.27. The lowest BCUT2D eigenvalue weighted by Crippen LogP contribution is -2.35. The average molecular weight is 273 g/mol. The maximum absolute atomic E-state index is 9.54. The molecule has 3 unspecified atom stereocenters. The lowest BCUT2D eigenvalue weighted by molar-refractivity contribution is 0.130. The highest BCUT2D eigenvalue weighted by molar-refractivity contribution is 5.21. The molecule has 0 aromatic heterocycles. The number of aliphatic hydroxyl groups excluding tert-OH is 1. The van der Waals surface area contributed by atoms with Gasteiger partial charge in [-0.3, -0.25) is 0 Å². The summed E-state index contributed by atoms with van der Waals surface area (Å²) in [4.78, 5) is 0. The summed E-state index contributed by atoms with van der Waals surface area (Å²) in [7, 11) is 0. The van der Waals surface area contributed by atoms with E-state index in [1.54, 1.807) is 0 Å². The molecule has 0 amide bonds. The van der Waals surface area contributed by atoms with Gasteiger partial charge in [-0.05, 0) is 55.5 Å². The SMILES string of the molecule is OCC1CCCCC1CNC(c1ccccc1)C1CC1. The molecule has 0 aliphatic heterocycles. The van der Waals surface area contributed by atoms with E-state index in [1.807, 2.05) is 0 Å². The highest BCUT2D eigenvalue weighted by Gasteiger charge is 2.33. The number of hydrogen-bond donors (Lipinski definition) is 2. The first kappa shape index (κ1) is 14.1. The van der Waals surface area contributed by atoms with E-state index < -0.39 is 0 Å². The number of rotatable bonds is 6. The van der Waals surface area contributed by atoms with Gasteiger partial charge in [-0.15, -0.1) is 0 Å². The summed E-state index contributed by atoms with van der Waals surface area (Å²) in [6.07, 6.45) is 7.85. The molecule has 3 rings (SSSR count). The van der Waals surface area contributed by atoms with E-state index in [-0.39, 0.29) is 0 Å². The topological polar surface area (TPSA) is 32.3 Å². The minimum absolute atomic E-state index is 0.367. The zero-order chi connectivity index (χ0) is 13.8. The van der Waals surface area contributed by atoms with Crippen LogP contribution in [0.5, 0.6) is 0 Å². The van der Waals surface area contributed by atoms with Crippen LogP contribution in [-0.2, 0) is 0 Å². The van der Waals surface area contributed by atoms with Crippen LogP contribution in [0.2, 0.25) is 0 Å². The predicted octanol–water partition coefficient (Wildman–Crippen LogP) is 3.53. The van der Waals surface area contributed by atoms with Crippen molar-refractivity contribution in [2.24, 2.45) is 17.8 Å². The van der Waals surface area contributed by atoms with E-state index >= 15 is 0 Å². The highest BCUT2D eigenvalue weighted by atomic mass is 16.3. The monoisotopic (exact) mass is 273 g/mol. The molecule has 2 nitrogen and oxygen atoms in total. The fourth-order valence-corrected chi connectivity index (χ4v) is 3.72. The molecule has 2 saturated carbocycles. The molecule has 0 heterocycles. The molecule has 3 atom stereocenters. The van der Waals surface area contributed by atoms with E-state index in [9.17, 15) is 5.11 Å². The molecule has 1 aromatic carbocycles. The first-order chi connectivity index (χ1) is 9.88. The molecule has 2 heteroatoms. The molecule has 20 heavy (non-hydrogen) atoms. The quantitative estimate of drug-likeness (QED) is 0.831. The summed E-state index contributed by atoms with van der Waals surface area (Å²) in [5.74, 6) is 2.01. The standard InChI is InChI=1S/C18H27NO/c20-13-17-9-5-4-8-16(17)12-19-18(15-10-11-15)14-6-2-1-3-7-14/h1-3,6-7,15-20H,4-5,8-13H2. The van der Waals surface area contributed by atoms with Gasteiger partial charge in [-0.25, -0.2) is 0 Å². The average Bonchev–Trinajstić information content (AvgIpc) is 3.34. The van der Waals surface area contributed by atoms with Gasteiger partial charge in [0.05, 0.1) is 0 Å². The van der Waals surface area contributed by atoms with Crippen LogP contribution in [0.1, 0.15) is 50.1 Å². The lowest BCUT2D eigenvalue weighted by Gasteiger charge is -2.32. The van der Waals surface area contributed by atoms with Gasteiger partial charge in [-0.2, -0.15) is 0 Å². The lowest BCUT2D eigenvalue weighted by atomic mass is 9.79. The van der Waals surface area contributed by atoms with Crippen molar-refractivity contribution in [3.63, 3.8) is 0 Å². The van der Waals surface area contributed by atoms with E-state index in [0.29, 0.717) is 24.5 Å². The Kier molecular flexibility index (Phi) is 4.74. The van der Waals surface area contributed by atoms with Gasteiger partial charge in [0, 0.05) is 12.6 Å². The molecule has 2 aliphatic rings. The van der Waals surface area contributed by atoms with Crippen molar-refractivity contribution in [1.82, 2.24) is 5.32 Å². The maximum Gasteiger partial charge on any atom is 0.0462 e. The van der Waals surface area contributed by atoms with Crippen molar-refractivity contribution < 1.29 is 5.11 Å². The third kappa shape index (κ3) is 3.42. The van der Waals surface area contributed by atoms with E-state index in [1.165, 1.54) is 44.1 Å². The summed E-state index contributed by atoms with van der Waals surface area (Å²) < 4.78 is 0. The zero-order valence-corrected chi connectivity index (χ0v) is 12.3. The van der Waals surface area contributed by atoms with Crippen LogP contribution in [0.15, 0.2) is 30.3 Å². The molecule has 2 N–H and O–H groups in total. The minimum Gasteiger partial charge on any atom is -0.396 e. The number of nitrogens with one attached hydrogen (secondary N) is 1. The number of aliphatic hydroxyl groups is 1. The van der Waals surface area contributed by atoms with Crippen molar-refractivity contribution in [2.75, 3.05) is 13.2 Å². The molecule has 2 fully saturated rings. The van der Waals surface area contributed by atoms with Crippen molar-refractivity contribution in [2.45, 2.75) is 44.6 Å². The predicted molar refractivity (Wildman–Crippen MR) is 82.4 cm³/mol. The molecule has 0 saturated heterocycles. The second-order valence-corrected chi connectivity index (χ2v) is 6.62. The van der Waals surface area contributed by atoms with Crippen LogP contribution in [0.4, 0.5) is 0 Å². The molecular weight excluding hydrogens is 246 g/mol. The molecule has 2 aliphatic carbocycles.